The number of hydrogen-bond donors (Lipinski definition) is 3. The number of aromatic nitrogens is 2. The summed E-state index contributed by atoms with van der Waals surface area (Å²) < 4.78 is 29.8. The summed E-state index contributed by atoms with van der Waals surface area (Å²) in [6, 6.07) is 8.54. The predicted molar refractivity (Wildman–Crippen MR) is 125 cm³/mol. The van der Waals surface area contributed by atoms with Gasteiger partial charge in [0.05, 0.1) is 17.8 Å². The van der Waals surface area contributed by atoms with Crippen molar-refractivity contribution < 1.29 is 28.5 Å². The molecule has 4 rings (SSSR count). The number of hydrogen-bond acceptors (Lipinski definition) is 7. The van der Waals surface area contributed by atoms with Gasteiger partial charge < -0.3 is 25.2 Å². The molecule has 1 saturated heterocycles. The normalized spacial score (nSPS) is 17.7. The van der Waals surface area contributed by atoms with Gasteiger partial charge in [-0.1, -0.05) is 5.92 Å². The molecule has 3 heterocycles. The molecule has 0 aliphatic carbocycles. The molecule has 0 bridgehead atoms. The average Bonchev–Trinajstić information content (AvgIpc) is 3.17. The van der Waals surface area contributed by atoms with Crippen LogP contribution < -0.4 is 15.0 Å². The number of benzene rings is 1. The Kier molecular flexibility index (Phi) is 6.84. The van der Waals surface area contributed by atoms with Crippen molar-refractivity contribution in [3.8, 4) is 29.2 Å². The minimum Gasteiger partial charge on any atom is -0.420 e. The Morgan fingerprint density at radius 2 is 1.86 bits per heavy atom. The van der Waals surface area contributed by atoms with Crippen LogP contribution in [0.2, 0.25) is 0 Å². The van der Waals surface area contributed by atoms with Crippen LogP contribution >= 0.6 is 11.6 Å². The Hall–Kier alpha value is -3.78. The summed E-state index contributed by atoms with van der Waals surface area (Å²) in [4.78, 5) is 23.2. The minimum absolute atomic E-state index is 0.157. The Bertz CT molecular complexity index is 1270. The van der Waals surface area contributed by atoms with E-state index < -0.39 is 23.7 Å². The molecule has 3 N–H and O–H groups in total. The number of anilines is 2. The summed E-state index contributed by atoms with van der Waals surface area (Å²) in [7, 11) is 0. The van der Waals surface area contributed by atoms with Gasteiger partial charge in [-0.05, 0) is 36.4 Å². The number of amides is 1. The molecule has 1 fully saturated rings. The molecule has 180 valence electrons. The zero-order chi connectivity index (χ0) is 25.2. The van der Waals surface area contributed by atoms with Crippen molar-refractivity contribution in [2.75, 3.05) is 23.3 Å². The molecule has 1 aromatic carbocycles. The van der Waals surface area contributed by atoms with Gasteiger partial charge in [0.15, 0.2) is 0 Å². The summed E-state index contributed by atoms with van der Waals surface area (Å²) in [6.45, 7) is 0.315. The SMILES string of the molecule is C#Cc1cncc(-c2cc(C(=O)Nc3ccc(OC(F)(F)Cl)cc3)cnc2N2C[C@@H](O)[C@@H](O)C2)c1. The summed E-state index contributed by atoms with van der Waals surface area (Å²) in [5, 5.41) is 22.6. The number of β-amino-alcohol motifs (C(OH)–C–C–N with tert-alkyl or cyclic N) is 2. The lowest BCUT2D eigenvalue weighted by Gasteiger charge is -2.21. The number of terminal acetylenes is 1. The molecule has 1 amide bonds. The molecule has 2 aromatic heterocycles. The zero-order valence-corrected chi connectivity index (χ0v) is 18.8. The fourth-order valence-corrected chi connectivity index (χ4v) is 3.69. The van der Waals surface area contributed by atoms with Crippen LogP contribution in [0.3, 0.4) is 0 Å². The van der Waals surface area contributed by atoms with Gasteiger partial charge in [-0.25, -0.2) is 4.98 Å². The molecule has 35 heavy (non-hydrogen) atoms. The van der Waals surface area contributed by atoms with Crippen molar-refractivity contribution >= 4 is 29.0 Å². The molecule has 2 atom stereocenters. The second-order valence-corrected chi connectivity index (χ2v) is 8.21. The standard InChI is InChI=1S/C24H19ClF2N4O4/c1-2-14-7-15(10-28-9-14)19-8-16(11-29-22(19)31-12-20(32)21(33)13-31)23(34)30-17-3-5-18(6-4-17)35-24(25,26)27/h1,3-11,20-21,32-33H,12-13H2,(H,30,34)/t20-,21+. The van der Waals surface area contributed by atoms with Crippen molar-refractivity contribution in [1.29, 1.82) is 0 Å². The molecule has 0 spiro atoms. The lowest BCUT2D eigenvalue weighted by atomic mass is 10.0. The lowest BCUT2D eigenvalue weighted by Crippen LogP contribution is -2.23. The number of rotatable bonds is 6. The van der Waals surface area contributed by atoms with E-state index in [1.165, 1.54) is 36.7 Å². The van der Waals surface area contributed by atoms with Gasteiger partial charge in [0.1, 0.15) is 11.6 Å². The number of halogens is 3. The fraction of sp³-hybridized carbons (Fsp3) is 0.208. The molecule has 0 saturated carbocycles. The lowest BCUT2D eigenvalue weighted by molar-refractivity contribution is -0.0964. The molecule has 0 radical (unpaired) electrons. The van der Waals surface area contributed by atoms with Crippen LogP contribution in [0.4, 0.5) is 20.3 Å². The zero-order valence-electron chi connectivity index (χ0n) is 18.0. The van der Waals surface area contributed by atoms with Crippen LogP contribution in [0.1, 0.15) is 15.9 Å². The van der Waals surface area contributed by atoms with Gasteiger partial charge in [0, 0.05) is 65.7 Å². The van der Waals surface area contributed by atoms with Crippen LogP contribution in [0.15, 0.2) is 55.0 Å². The van der Waals surface area contributed by atoms with E-state index in [-0.39, 0.29) is 24.4 Å². The molecule has 8 nitrogen and oxygen atoms in total. The Balaban J connectivity index is 1.63. The van der Waals surface area contributed by atoms with Crippen molar-refractivity contribution in [2.45, 2.75) is 17.8 Å². The first-order valence-corrected chi connectivity index (χ1v) is 10.7. The highest BCUT2D eigenvalue weighted by Crippen LogP contribution is 2.32. The van der Waals surface area contributed by atoms with Crippen LogP contribution in [-0.4, -0.2) is 57.0 Å². The van der Waals surface area contributed by atoms with E-state index in [1.807, 2.05) is 0 Å². The summed E-state index contributed by atoms with van der Waals surface area (Å²) in [5.41, 5.74) is -1.68. The monoisotopic (exact) mass is 500 g/mol. The first-order chi connectivity index (χ1) is 16.6. The van der Waals surface area contributed by atoms with Crippen molar-refractivity contribution in [3.05, 3.63) is 66.1 Å². The van der Waals surface area contributed by atoms with Crippen LogP contribution in [-0.2, 0) is 0 Å². The average molecular weight is 501 g/mol. The molecular weight excluding hydrogens is 482 g/mol. The maximum Gasteiger partial charge on any atom is 0.487 e. The first-order valence-electron chi connectivity index (χ1n) is 10.3. The number of nitrogens with zero attached hydrogens (tertiary/aromatic N) is 3. The maximum absolute atomic E-state index is 12.9. The van der Waals surface area contributed by atoms with E-state index in [4.69, 9.17) is 18.0 Å². The van der Waals surface area contributed by atoms with Gasteiger partial charge in [-0.2, -0.15) is 0 Å². The molecule has 1 aliphatic heterocycles. The van der Waals surface area contributed by atoms with Crippen LogP contribution in [0, 0.1) is 12.3 Å². The number of aliphatic hydroxyl groups is 2. The molecule has 11 heteroatoms. The fourth-order valence-electron chi connectivity index (χ4n) is 3.60. The van der Waals surface area contributed by atoms with E-state index in [0.717, 1.165) is 0 Å². The molecule has 1 aliphatic rings. The van der Waals surface area contributed by atoms with E-state index in [2.05, 4.69) is 25.9 Å². The number of ether oxygens (including phenoxy) is 1. The highest BCUT2D eigenvalue weighted by molar-refractivity contribution is 6.20. The quantitative estimate of drug-likeness (QED) is 0.352. The summed E-state index contributed by atoms with van der Waals surface area (Å²) >= 11 is 4.75. The van der Waals surface area contributed by atoms with E-state index in [1.54, 1.807) is 23.2 Å². The van der Waals surface area contributed by atoms with Crippen molar-refractivity contribution in [1.82, 2.24) is 9.97 Å². The second kappa shape index (κ2) is 9.84. The summed E-state index contributed by atoms with van der Waals surface area (Å²) in [6.07, 6.45) is 8.07. The number of carbonyl (C=O) groups excluding carboxylic acids is 1. The van der Waals surface area contributed by atoms with E-state index >= 15 is 0 Å². The van der Waals surface area contributed by atoms with Crippen LogP contribution in [0.5, 0.6) is 5.75 Å². The number of alkyl halides is 3. The molecule has 0 unspecified atom stereocenters. The molecular formula is C24H19ClF2N4O4. The van der Waals surface area contributed by atoms with Gasteiger partial charge >= 0.3 is 5.57 Å². The predicted octanol–water partition coefficient (Wildman–Crippen LogP) is 3.09. The number of aliphatic hydroxyl groups excluding tert-OH is 2. The Morgan fingerprint density at radius 1 is 1.17 bits per heavy atom. The van der Waals surface area contributed by atoms with E-state index in [9.17, 15) is 23.8 Å². The minimum atomic E-state index is -3.85. The van der Waals surface area contributed by atoms with Crippen molar-refractivity contribution in [3.63, 3.8) is 0 Å². The van der Waals surface area contributed by atoms with Gasteiger partial charge in [0.25, 0.3) is 5.91 Å². The third kappa shape index (κ3) is 5.84. The second-order valence-electron chi connectivity index (χ2n) is 7.77. The van der Waals surface area contributed by atoms with Crippen LogP contribution in [0.25, 0.3) is 11.1 Å². The number of carbonyl (C=O) groups is 1. The largest absolute Gasteiger partial charge is 0.487 e. The Morgan fingerprint density at radius 3 is 2.49 bits per heavy atom. The number of nitrogens with one attached hydrogen (secondary N) is 1. The smallest absolute Gasteiger partial charge is 0.420 e. The first kappa shape index (κ1) is 24.3. The topological polar surface area (TPSA) is 108 Å². The third-order valence-corrected chi connectivity index (χ3v) is 5.33. The van der Waals surface area contributed by atoms with Crippen molar-refractivity contribution in [2.24, 2.45) is 0 Å². The third-order valence-electron chi connectivity index (χ3n) is 5.25. The van der Waals surface area contributed by atoms with E-state index in [0.29, 0.717) is 28.2 Å². The highest BCUT2D eigenvalue weighted by Gasteiger charge is 2.32. The number of pyridine rings is 2. The van der Waals surface area contributed by atoms with Gasteiger partial charge in [-0.3, -0.25) is 9.78 Å². The van der Waals surface area contributed by atoms with Gasteiger partial charge in [-0.15, -0.1) is 15.2 Å². The summed E-state index contributed by atoms with van der Waals surface area (Å²) in [5.74, 6) is 2.27. The molecule has 3 aromatic rings. The Labute approximate surface area is 204 Å². The van der Waals surface area contributed by atoms with Gasteiger partial charge in [0.2, 0.25) is 0 Å². The maximum atomic E-state index is 12.9. The highest BCUT2D eigenvalue weighted by atomic mass is 35.5.